The van der Waals surface area contributed by atoms with Crippen molar-refractivity contribution in [3.63, 3.8) is 0 Å². The quantitative estimate of drug-likeness (QED) is 0.890. The predicted molar refractivity (Wildman–Crippen MR) is 70.6 cm³/mol. The first-order valence-electron chi connectivity index (χ1n) is 6.58. The Bertz CT molecular complexity index is 554. The monoisotopic (exact) mass is 299 g/mol. The third kappa shape index (κ3) is 5.18. The molecule has 0 aliphatic carbocycles. The number of benzene rings is 1. The number of aryl methyl sites for hydroxylation is 1. The number of hydrogen-bond acceptors (Lipinski definition) is 4. The fraction of sp³-hybridized carbons (Fsp3) is 0.429. The molecule has 0 radical (unpaired) electrons. The van der Waals surface area contributed by atoms with Crippen LogP contribution in [0.4, 0.5) is 13.2 Å². The summed E-state index contributed by atoms with van der Waals surface area (Å²) in [5.41, 5.74) is 0.610. The Morgan fingerprint density at radius 2 is 1.95 bits per heavy atom. The molecule has 1 heterocycles. The molecule has 1 aromatic carbocycles. The molecule has 0 aliphatic rings. The minimum Gasteiger partial charge on any atom is -0.340 e. The van der Waals surface area contributed by atoms with Crippen molar-refractivity contribution < 1.29 is 17.7 Å². The van der Waals surface area contributed by atoms with Gasteiger partial charge in [0.1, 0.15) is 0 Å². The molecule has 1 atom stereocenters. The Labute approximate surface area is 120 Å². The predicted octanol–water partition coefficient (Wildman–Crippen LogP) is 3.20. The van der Waals surface area contributed by atoms with Gasteiger partial charge in [0.15, 0.2) is 5.82 Å². The molecule has 0 bridgehead atoms. The highest BCUT2D eigenvalue weighted by Crippen LogP contribution is 2.29. The van der Waals surface area contributed by atoms with Gasteiger partial charge in [-0.1, -0.05) is 35.5 Å². The molecule has 7 heteroatoms. The number of aromatic nitrogens is 2. The van der Waals surface area contributed by atoms with Crippen LogP contribution in [0.2, 0.25) is 0 Å². The van der Waals surface area contributed by atoms with E-state index < -0.39 is 18.6 Å². The Hall–Kier alpha value is -1.89. The molecule has 1 N–H and O–H groups in total. The van der Waals surface area contributed by atoms with E-state index in [0.29, 0.717) is 30.2 Å². The van der Waals surface area contributed by atoms with Gasteiger partial charge in [-0.15, -0.1) is 0 Å². The maximum absolute atomic E-state index is 12.7. The van der Waals surface area contributed by atoms with Crippen molar-refractivity contribution in [3.05, 3.63) is 47.6 Å². The summed E-state index contributed by atoms with van der Waals surface area (Å²) in [5, 5.41) is 6.62. The molecule has 2 aromatic rings. The molecular formula is C14H16F3N3O. The Morgan fingerprint density at radius 3 is 2.52 bits per heavy atom. The highest BCUT2D eigenvalue weighted by Gasteiger charge is 2.32. The van der Waals surface area contributed by atoms with Crippen LogP contribution in [-0.2, 0) is 6.42 Å². The molecule has 1 aromatic heterocycles. The smallest absolute Gasteiger partial charge is 0.340 e. The van der Waals surface area contributed by atoms with Gasteiger partial charge in [-0.05, 0) is 5.56 Å². The van der Waals surface area contributed by atoms with Gasteiger partial charge in [-0.25, -0.2) is 0 Å². The Balaban J connectivity index is 1.96. The van der Waals surface area contributed by atoms with Crippen LogP contribution in [0.15, 0.2) is 34.9 Å². The van der Waals surface area contributed by atoms with Crippen LogP contribution in [0.1, 0.15) is 29.7 Å². The average Bonchev–Trinajstić information content (AvgIpc) is 2.83. The second-order valence-electron chi connectivity index (χ2n) is 4.72. The molecule has 0 fully saturated rings. The molecule has 0 saturated carbocycles. The topological polar surface area (TPSA) is 51.0 Å². The molecule has 21 heavy (non-hydrogen) atoms. The standard InChI is InChI=1S/C14H16F3N3O/c1-10-19-13(20-21-10)7-8-18-12(9-14(15,16)17)11-5-3-2-4-6-11/h2-6,12,18H,7-9H2,1H3. The largest absolute Gasteiger partial charge is 0.390 e. The minimum absolute atomic E-state index is 0.342. The zero-order valence-electron chi connectivity index (χ0n) is 11.5. The first kappa shape index (κ1) is 15.5. The fourth-order valence-corrected chi connectivity index (χ4v) is 2.03. The van der Waals surface area contributed by atoms with Gasteiger partial charge in [0.2, 0.25) is 5.89 Å². The van der Waals surface area contributed by atoms with E-state index in [1.165, 1.54) is 0 Å². The molecule has 4 nitrogen and oxygen atoms in total. The summed E-state index contributed by atoms with van der Waals surface area (Å²) in [4.78, 5) is 4.01. The van der Waals surface area contributed by atoms with E-state index in [1.807, 2.05) is 0 Å². The highest BCUT2D eigenvalue weighted by molar-refractivity contribution is 5.19. The van der Waals surface area contributed by atoms with Gasteiger partial charge in [0, 0.05) is 25.9 Å². The van der Waals surface area contributed by atoms with Crippen LogP contribution in [0.5, 0.6) is 0 Å². The zero-order valence-corrected chi connectivity index (χ0v) is 11.5. The zero-order chi connectivity index (χ0) is 15.3. The molecule has 0 amide bonds. The van der Waals surface area contributed by atoms with Gasteiger partial charge < -0.3 is 9.84 Å². The van der Waals surface area contributed by atoms with Crippen LogP contribution in [0, 0.1) is 6.92 Å². The second kappa shape index (κ2) is 6.71. The number of hydrogen-bond donors (Lipinski definition) is 1. The number of nitrogens with one attached hydrogen (secondary N) is 1. The summed E-state index contributed by atoms with van der Waals surface area (Å²) < 4.78 is 42.8. The summed E-state index contributed by atoms with van der Waals surface area (Å²) in [5.74, 6) is 0.929. The molecule has 0 aliphatic heterocycles. The fourth-order valence-electron chi connectivity index (χ4n) is 2.03. The van der Waals surface area contributed by atoms with Crippen LogP contribution in [0.25, 0.3) is 0 Å². The van der Waals surface area contributed by atoms with Crippen molar-refractivity contribution >= 4 is 0 Å². The van der Waals surface area contributed by atoms with E-state index in [9.17, 15) is 13.2 Å². The van der Waals surface area contributed by atoms with E-state index in [-0.39, 0.29) is 0 Å². The first-order valence-corrected chi connectivity index (χ1v) is 6.58. The lowest BCUT2D eigenvalue weighted by Gasteiger charge is -2.20. The molecule has 2 rings (SSSR count). The van der Waals surface area contributed by atoms with Crippen LogP contribution in [0.3, 0.4) is 0 Å². The van der Waals surface area contributed by atoms with Crippen molar-refractivity contribution in [3.8, 4) is 0 Å². The third-order valence-corrected chi connectivity index (χ3v) is 2.95. The Morgan fingerprint density at radius 1 is 1.24 bits per heavy atom. The maximum atomic E-state index is 12.7. The van der Waals surface area contributed by atoms with Gasteiger partial charge in [0.25, 0.3) is 0 Å². The van der Waals surface area contributed by atoms with Crippen LogP contribution in [-0.4, -0.2) is 22.9 Å². The van der Waals surface area contributed by atoms with E-state index in [4.69, 9.17) is 4.52 Å². The average molecular weight is 299 g/mol. The van der Waals surface area contributed by atoms with Gasteiger partial charge >= 0.3 is 6.18 Å². The van der Waals surface area contributed by atoms with E-state index in [0.717, 1.165) is 0 Å². The summed E-state index contributed by atoms with van der Waals surface area (Å²) in [6.07, 6.45) is -4.73. The van der Waals surface area contributed by atoms with Crippen LogP contribution >= 0.6 is 0 Å². The number of rotatable bonds is 6. The SMILES string of the molecule is Cc1nc(CCNC(CC(F)(F)F)c2ccccc2)no1. The molecule has 0 spiro atoms. The Kier molecular flexibility index (Phi) is 4.95. The highest BCUT2D eigenvalue weighted by atomic mass is 19.4. The molecular weight excluding hydrogens is 283 g/mol. The van der Waals surface area contributed by atoms with E-state index in [2.05, 4.69) is 15.5 Å². The number of halogens is 3. The van der Waals surface area contributed by atoms with Crippen molar-refractivity contribution in [2.45, 2.75) is 32.0 Å². The van der Waals surface area contributed by atoms with E-state index in [1.54, 1.807) is 37.3 Å². The van der Waals surface area contributed by atoms with Crippen molar-refractivity contribution in [2.24, 2.45) is 0 Å². The molecule has 114 valence electrons. The van der Waals surface area contributed by atoms with Crippen LogP contribution < -0.4 is 5.32 Å². The molecule has 0 saturated heterocycles. The third-order valence-electron chi connectivity index (χ3n) is 2.95. The lowest BCUT2D eigenvalue weighted by atomic mass is 10.0. The van der Waals surface area contributed by atoms with Crippen molar-refractivity contribution in [1.82, 2.24) is 15.5 Å². The van der Waals surface area contributed by atoms with Gasteiger partial charge in [-0.3, -0.25) is 0 Å². The van der Waals surface area contributed by atoms with Gasteiger partial charge in [-0.2, -0.15) is 18.2 Å². The summed E-state index contributed by atoms with van der Waals surface area (Å²) in [6, 6.07) is 7.81. The minimum atomic E-state index is -4.23. The van der Waals surface area contributed by atoms with Crippen molar-refractivity contribution in [1.29, 1.82) is 0 Å². The lowest BCUT2D eigenvalue weighted by Crippen LogP contribution is -2.28. The lowest BCUT2D eigenvalue weighted by molar-refractivity contribution is -0.140. The summed E-state index contributed by atoms with van der Waals surface area (Å²) in [7, 11) is 0. The van der Waals surface area contributed by atoms with E-state index >= 15 is 0 Å². The summed E-state index contributed by atoms with van der Waals surface area (Å²) in [6.45, 7) is 2.01. The normalized spacial score (nSPS) is 13.3. The number of nitrogens with zero attached hydrogens (tertiary/aromatic N) is 2. The number of alkyl halides is 3. The summed E-state index contributed by atoms with van der Waals surface area (Å²) >= 11 is 0. The van der Waals surface area contributed by atoms with Gasteiger partial charge in [0.05, 0.1) is 6.42 Å². The molecule has 1 unspecified atom stereocenters. The first-order chi connectivity index (χ1) is 9.94. The van der Waals surface area contributed by atoms with Crippen molar-refractivity contribution in [2.75, 3.05) is 6.54 Å². The maximum Gasteiger partial charge on any atom is 0.390 e. The second-order valence-corrected chi connectivity index (χ2v) is 4.72.